The number of nitrogens with zero attached hydrogens (tertiary/aromatic N) is 2. The van der Waals surface area contributed by atoms with Crippen LogP contribution < -0.4 is 5.32 Å². The topological polar surface area (TPSA) is 118 Å². The highest BCUT2D eigenvalue weighted by molar-refractivity contribution is 9.10. The van der Waals surface area contributed by atoms with Crippen LogP contribution in [0.2, 0.25) is 0 Å². The number of rotatable bonds is 14. The van der Waals surface area contributed by atoms with Gasteiger partial charge < -0.3 is 28.4 Å². The first-order chi connectivity index (χ1) is 20.3. The summed E-state index contributed by atoms with van der Waals surface area (Å²) in [6, 6.07) is 22.7. The highest BCUT2D eigenvalue weighted by Crippen LogP contribution is 2.50. The lowest BCUT2D eigenvalue weighted by Crippen LogP contribution is -2.44. The number of hydrogen-bond donors (Lipinski definition) is 1. The monoisotopic (exact) mass is 657 g/mol. The van der Waals surface area contributed by atoms with Gasteiger partial charge in [-0.3, -0.25) is 4.57 Å². The summed E-state index contributed by atoms with van der Waals surface area (Å²) >= 11 is 3.46. The molecule has 4 aromatic rings. The molecule has 0 aliphatic rings. The van der Waals surface area contributed by atoms with Crippen molar-refractivity contribution in [1.29, 1.82) is 0 Å². The quantitative estimate of drug-likeness (QED) is 0.119. The van der Waals surface area contributed by atoms with E-state index in [0.29, 0.717) is 16.9 Å². The number of hydrogen-bond acceptors (Lipinski definition) is 8. The fourth-order valence-corrected chi connectivity index (χ4v) is 6.30. The molecule has 1 atom stereocenters. The van der Waals surface area contributed by atoms with Crippen LogP contribution in [0.5, 0.6) is 0 Å². The maximum atomic E-state index is 13.5. The first-order valence-corrected chi connectivity index (χ1v) is 16.0. The highest BCUT2D eigenvalue weighted by atomic mass is 79.9. The van der Waals surface area contributed by atoms with E-state index in [1.54, 1.807) is 18.4 Å². The smallest absolute Gasteiger partial charge is 0.408 e. The number of halogens is 1. The molecule has 1 N–H and O–H groups in total. The van der Waals surface area contributed by atoms with Crippen LogP contribution in [0.3, 0.4) is 0 Å². The summed E-state index contributed by atoms with van der Waals surface area (Å²) in [6.45, 7) is 3.89. The Morgan fingerprint density at radius 3 is 2.10 bits per heavy atom. The SMILES string of the molecule is CCOP(=O)(Cn1c(CC(NC(=O)OCc2ccccc2)C(=O)OCc2ccccc2)nc2cc(Br)ccc21)OCC. The molecule has 3 aromatic carbocycles. The zero-order valence-corrected chi connectivity index (χ0v) is 25.9. The van der Waals surface area contributed by atoms with Gasteiger partial charge in [0, 0.05) is 10.9 Å². The Balaban J connectivity index is 1.62. The van der Waals surface area contributed by atoms with Gasteiger partial charge in [-0.25, -0.2) is 14.6 Å². The Hall–Kier alpha value is -3.50. The number of amides is 1. The van der Waals surface area contributed by atoms with Gasteiger partial charge in [0.15, 0.2) is 0 Å². The number of carbonyl (C=O) groups is 2. The molecule has 0 aliphatic heterocycles. The van der Waals surface area contributed by atoms with Crippen molar-refractivity contribution in [2.45, 2.75) is 45.8 Å². The molecular formula is C30H33BrN3O7P. The lowest BCUT2D eigenvalue weighted by atomic mass is 10.2. The largest absolute Gasteiger partial charge is 0.459 e. The fraction of sp³-hybridized carbons (Fsp3) is 0.300. The molecular weight excluding hydrogens is 625 g/mol. The average molecular weight is 658 g/mol. The molecule has 4 rings (SSSR count). The van der Waals surface area contributed by atoms with E-state index in [2.05, 4.69) is 21.2 Å². The normalized spacial score (nSPS) is 12.2. The number of nitrogens with one attached hydrogen (secondary N) is 1. The van der Waals surface area contributed by atoms with Crippen LogP contribution in [-0.4, -0.2) is 40.9 Å². The second-order valence-corrected chi connectivity index (χ2v) is 12.2. The third-order valence-corrected chi connectivity index (χ3v) is 8.58. The molecule has 0 bridgehead atoms. The second-order valence-electron chi connectivity index (χ2n) is 9.23. The van der Waals surface area contributed by atoms with E-state index in [1.165, 1.54) is 0 Å². The average Bonchev–Trinajstić information content (AvgIpc) is 3.30. The van der Waals surface area contributed by atoms with Crippen molar-refractivity contribution in [3.05, 3.63) is 100 Å². The molecule has 10 nitrogen and oxygen atoms in total. The van der Waals surface area contributed by atoms with Gasteiger partial charge in [-0.2, -0.15) is 0 Å². The van der Waals surface area contributed by atoms with E-state index in [1.807, 2.05) is 78.9 Å². The van der Waals surface area contributed by atoms with Crippen molar-refractivity contribution in [2.24, 2.45) is 0 Å². The van der Waals surface area contributed by atoms with Crippen LogP contribution in [0, 0.1) is 0 Å². The minimum absolute atomic E-state index is 0.0180. The Bertz CT molecular complexity index is 1520. The molecule has 222 valence electrons. The third kappa shape index (κ3) is 8.75. The molecule has 0 aliphatic carbocycles. The van der Waals surface area contributed by atoms with Gasteiger partial charge in [-0.05, 0) is 43.2 Å². The number of ether oxygens (including phenoxy) is 2. The minimum atomic E-state index is -3.56. The molecule has 42 heavy (non-hydrogen) atoms. The summed E-state index contributed by atoms with van der Waals surface area (Å²) in [4.78, 5) is 30.9. The summed E-state index contributed by atoms with van der Waals surface area (Å²) in [7, 11) is -3.56. The van der Waals surface area contributed by atoms with Gasteiger partial charge in [-0.1, -0.05) is 76.6 Å². The van der Waals surface area contributed by atoms with Crippen LogP contribution in [0.15, 0.2) is 83.3 Å². The summed E-state index contributed by atoms with van der Waals surface area (Å²) < 4.78 is 38.1. The van der Waals surface area contributed by atoms with Crippen molar-refractivity contribution in [3.8, 4) is 0 Å². The van der Waals surface area contributed by atoms with E-state index >= 15 is 0 Å². The number of esters is 1. The molecule has 1 aromatic heterocycles. The van der Waals surface area contributed by atoms with Crippen molar-refractivity contribution in [3.63, 3.8) is 0 Å². The Kier molecular flexibility index (Phi) is 11.3. The zero-order valence-electron chi connectivity index (χ0n) is 23.4. The molecule has 0 saturated carbocycles. The predicted molar refractivity (Wildman–Crippen MR) is 162 cm³/mol. The lowest BCUT2D eigenvalue weighted by molar-refractivity contribution is -0.147. The van der Waals surface area contributed by atoms with Crippen LogP contribution in [0.1, 0.15) is 30.8 Å². The minimum Gasteiger partial charge on any atom is -0.459 e. The molecule has 12 heteroatoms. The van der Waals surface area contributed by atoms with Crippen LogP contribution in [-0.2, 0) is 53.8 Å². The standard InChI is InChI=1S/C30H33BrN3O7P/c1-3-40-42(37,41-4-2)21-34-27-16-15-24(31)17-25(27)32-28(34)18-26(29(35)38-19-22-11-7-5-8-12-22)33-30(36)39-20-23-13-9-6-10-14-23/h5-17,26H,3-4,18-21H2,1-2H3,(H,33,36). The maximum Gasteiger partial charge on any atom is 0.408 e. The van der Waals surface area contributed by atoms with Crippen molar-refractivity contribution < 1.29 is 32.7 Å². The Labute approximate surface area is 253 Å². The van der Waals surface area contributed by atoms with E-state index in [9.17, 15) is 14.2 Å². The van der Waals surface area contributed by atoms with E-state index < -0.39 is 25.7 Å². The number of fused-ring (bicyclic) bond motifs is 1. The summed E-state index contributed by atoms with van der Waals surface area (Å²) in [6.07, 6.45) is -0.995. The van der Waals surface area contributed by atoms with Gasteiger partial charge in [-0.15, -0.1) is 0 Å². The molecule has 1 heterocycles. The van der Waals surface area contributed by atoms with Gasteiger partial charge in [0.25, 0.3) is 0 Å². The van der Waals surface area contributed by atoms with Gasteiger partial charge >= 0.3 is 19.7 Å². The number of imidazole rings is 1. The third-order valence-electron chi connectivity index (χ3n) is 6.16. The highest BCUT2D eigenvalue weighted by Gasteiger charge is 2.31. The van der Waals surface area contributed by atoms with E-state index in [-0.39, 0.29) is 39.1 Å². The summed E-state index contributed by atoms with van der Waals surface area (Å²) in [5.41, 5.74) is 2.85. The van der Waals surface area contributed by atoms with Crippen LogP contribution in [0.4, 0.5) is 4.79 Å². The zero-order chi connectivity index (χ0) is 30.0. The Morgan fingerprint density at radius 2 is 1.50 bits per heavy atom. The van der Waals surface area contributed by atoms with Gasteiger partial charge in [0.1, 0.15) is 31.4 Å². The maximum absolute atomic E-state index is 13.5. The number of benzene rings is 3. The molecule has 0 saturated heterocycles. The lowest BCUT2D eigenvalue weighted by Gasteiger charge is -2.21. The van der Waals surface area contributed by atoms with Gasteiger partial charge in [0.05, 0.1) is 24.2 Å². The van der Waals surface area contributed by atoms with Gasteiger partial charge in [0.2, 0.25) is 0 Å². The van der Waals surface area contributed by atoms with Crippen LogP contribution >= 0.6 is 23.5 Å². The first-order valence-electron chi connectivity index (χ1n) is 13.5. The number of carbonyl (C=O) groups excluding carboxylic acids is 2. The summed E-state index contributed by atoms with van der Waals surface area (Å²) in [5, 5.41) is 2.64. The Morgan fingerprint density at radius 1 is 0.905 bits per heavy atom. The predicted octanol–water partition coefficient (Wildman–Crippen LogP) is 6.60. The van der Waals surface area contributed by atoms with Crippen molar-refractivity contribution in [1.82, 2.24) is 14.9 Å². The van der Waals surface area contributed by atoms with E-state index in [0.717, 1.165) is 15.6 Å². The van der Waals surface area contributed by atoms with Crippen molar-refractivity contribution >= 4 is 46.6 Å². The second kappa shape index (κ2) is 15.1. The number of aromatic nitrogens is 2. The van der Waals surface area contributed by atoms with E-state index in [4.69, 9.17) is 23.5 Å². The molecule has 0 spiro atoms. The molecule has 1 unspecified atom stereocenters. The molecule has 0 fully saturated rings. The molecule has 1 amide bonds. The summed E-state index contributed by atoms with van der Waals surface area (Å²) in [5.74, 6) is -0.291. The fourth-order valence-electron chi connectivity index (χ4n) is 4.26. The number of alkyl carbamates (subject to hydrolysis) is 1. The first kappa shape index (κ1) is 31.4. The van der Waals surface area contributed by atoms with Crippen LogP contribution in [0.25, 0.3) is 11.0 Å². The molecule has 0 radical (unpaired) electrons. The van der Waals surface area contributed by atoms with Crippen molar-refractivity contribution in [2.75, 3.05) is 13.2 Å².